The third-order valence-electron chi connectivity index (χ3n) is 3.64. The minimum Gasteiger partial charge on any atom is -0.352 e. The smallest absolute Gasteiger partial charge is 0.252 e. The molecule has 3 aromatic rings. The number of nitrogens with one attached hydrogen (secondary N) is 2. The van der Waals surface area contributed by atoms with Gasteiger partial charge >= 0.3 is 0 Å². The first-order chi connectivity index (χ1) is 11.6. The van der Waals surface area contributed by atoms with Crippen molar-refractivity contribution in [1.82, 2.24) is 24.8 Å². The highest BCUT2D eigenvalue weighted by atomic mass is 16.1. The fourth-order valence-corrected chi connectivity index (χ4v) is 2.45. The molecule has 0 unspecified atom stereocenters. The van der Waals surface area contributed by atoms with Gasteiger partial charge in [-0.2, -0.15) is 0 Å². The predicted molar refractivity (Wildman–Crippen MR) is 89.5 cm³/mol. The number of imidazole rings is 1. The Morgan fingerprint density at radius 3 is 2.88 bits per heavy atom. The molecule has 1 amide bonds. The Balaban J connectivity index is 1.72. The summed E-state index contributed by atoms with van der Waals surface area (Å²) in [5.74, 6) is 0.551. The van der Waals surface area contributed by atoms with Gasteiger partial charge in [-0.05, 0) is 6.07 Å². The molecular formula is C17H17N5O2. The van der Waals surface area contributed by atoms with Gasteiger partial charge in [0, 0.05) is 49.7 Å². The van der Waals surface area contributed by atoms with Crippen LogP contribution in [-0.2, 0) is 13.5 Å². The molecule has 0 aliphatic rings. The molecule has 122 valence electrons. The molecule has 7 nitrogen and oxygen atoms in total. The van der Waals surface area contributed by atoms with Gasteiger partial charge in [-0.3, -0.25) is 9.59 Å². The van der Waals surface area contributed by atoms with E-state index in [4.69, 9.17) is 0 Å². The van der Waals surface area contributed by atoms with Crippen LogP contribution < -0.4 is 10.9 Å². The second-order valence-electron chi connectivity index (χ2n) is 5.32. The predicted octanol–water partition coefficient (Wildman–Crippen LogP) is 1.14. The maximum absolute atomic E-state index is 12.5. The Hall–Kier alpha value is -3.22. The number of rotatable bonds is 5. The highest BCUT2D eigenvalue weighted by Gasteiger charge is 2.14. The van der Waals surface area contributed by atoms with Crippen molar-refractivity contribution in [3.63, 3.8) is 0 Å². The molecule has 0 saturated heterocycles. The highest BCUT2D eigenvalue weighted by Crippen LogP contribution is 2.21. The molecule has 2 aromatic heterocycles. The number of aryl methyl sites for hydroxylation is 1. The Labute approximate surface area is 138 Å². The number of hydrogen-bond donors (Lipinski definition) is 2. The first-order valence-electron chi connectivity index (χ1n) is 7.53. The largest absolute Gasteiger partial charge is 0.352 e. The van der Waals surface area contributed by atoms with Crippen molar-refractivity contribution in [3.05, 3.63) is 70.7 Å². The first kappa shape index (κ1) is 15.7. The van der Waals surface area contributed by atoms with Gasteiger partial charge in [0.2, 0.25) is 0 Å². The van der Waals surface area contributed by atoms with E-state index >= 15 is 0 Å². The minimum absolute atomic E-state index is 0.182. The monoisotopic (exact) mass is 323 g/mol. The zero-order valence-electron chi connectivity index (χ0n) is 13.2. The molecule has 2 N–H and O–H groups in total. The molecule has 0 fully saturated rings. The maximum Gasteiger partial charge on any atom is 0.252 e. The van der Waals surface area contributed by atoms with E-state index in [9.17, 15) is 9.59 Å². The number of carbonyl (C=O) groups is 1. The van der Waals surface area contributed by atoms with E-state index in [2.05, 4.69) is 20.3 Å². The maximum atomic E-state index is 12.5. The molecular weight excluding hydrogens is 306 g/mol. The van der Waals surface area contributed by atoms with Crippen LogP contribution in [0, 0.1) is 0 Å². The number of carbonyl (C=O) groups excluding carboxylic acids is 1. The SMILES string of the molecule is Cn1ccnc1-c1ccccc1C(=O)NCCc1cc(=O)[nH]cn1. The van der Waals surface area contributed by atoms with Gasteiger partial charge in [-0.15, -0.1) is 0 Å². The van der Waals surface area contributed by atoms with Crippen LogP contribution in [0.3, 0.4) is 0 Å². The third kappa shape index (κ3) is 3.40. The average Bonchev–Trinajstić information content (AvgIpc) is 3.01. The lowest BCUT2D eigenvalue weighted by atomic mass is 10.1. The van der Waals surface area contributed by atoms with Gasteiger partial charge in [0.1, 0.15) is 5.82 Å². The van der Waals surface area contributed by atoms with Crippen molar-refractivity contribution < 1.29 is 4.79 Å². The van der Waals surface area contributed by atoms with E-state index in [1.165, 1.54) is 12.4 Å². The summed E-state index contributed by atoms with van der Waals surface area (Å²) in [6.45, 7) is 0.393. The number of nitrogens with zero attached hydrogens (tertiary/aromatic N) is 3. The van der Waals surface area contributed by atoms with Crippen LogP contribution in [-0.4, -0.2) is 32.0 Å². The van der Waals surface area contributed by atoms with Crippen molar-refractivity contribution in [2.24, 2.45) is 7.05 Å². The summed E-state index contributed by atoms with van der Waals surface area (Å²) in [5, 5.41) is 2.86. The molecule has 0 aliphatic carbocycles. The summed E-state index contributed by atoms with van der Waals surface area (Å²) >= 11 is 0. The van der Waals surface area contributed by atoms with Crippen LogP contribution in [0.15, 0.2) is 53.8 Å². The lowest BCUT2D eigenvalue weighted by Crippen LogP contribution is -2.27. The molecule has 0 radical (unpaired) electrons. The second kappa shape index (κ2) is 6.91. The van der Waals surface area contributed by atoms with Crippen LogP contribution in [0.25, 0.3) is 11.4 Å². The summed E-state index contributed by atoms with van der Waals surface area (Å²) < 4.78 is 1.87. The standard InChI is InChI=1S/C17H17N5O2/c1-22-9-8-18-16(22)13-4-2-3-5-14(13)17(24)19-7-6-12-10-15(23)21-11-20-12/h2-5,8-11H,6-7H2,1H3,(H,19,24)(H,20,21,23). The van der Waals surface area contributed by atoms with Crippen molar-refractivity contribution in [1.29, 1.82) is 0 Å². The second-order valence-corrected chi connectivity index (χ2v) is 5.32. The lowest BCUT2D eigenvalue weighted by molar-refractivity contribution is 0.0954. The lowest BCUT2D eigenvalue weighted by Gasteiger charge is -2.10. The van der Waals surface area contributed by atoms with Crippen molar-refractivity contribution in [2.45, 2.75) is 6.42 Å². The van der Waals surface area contributed by atoms with Crippen LogP contribution in [0.4, 0.5) is 0 Å². The molecule has 0 saturated carbocycles. The summed E-state index contributed by atoms with van der Waals surface area (Å²) in [6, 6.07) is 8.76. The number of aromatic amines is 1. The summed E-state index contributed by atoms with van der Waals surface area (Å²) in [6.07, 6.45) is 5.38. The van der Waals surface area contributed by atoms with Gasteiger partial charge in [0.15, 0.2) is 0 Å². The van der Waals surface area contributed by atoms with E-state index in [1.807, 2.05) is 36.0 Å². The Kier molecular flexibility index (Phi) is 4.51. The number of hydrogen-bond acceptors (Lipinski definition) is 4. The summed E-state index contributed by atoms with van der Waals surface area (Å²) in [7, 11) is 1.88. The van der Waals surface area contributed by atoms with Gasteiger partial charge in [-0.1, -0.05) is 18.2 Å². The fourth-order valence-electron chi connectivity index (χ4n) is 2.45. The van der Waals surface area contributed by atoms with E-state index in [-0.39, 0.29) is 11.5 Å². The summed E-state index contributed by atoms with van der Waals surface area (Å²) in [4.78, 5) is 34.5. The molecule has 0 bridgehead atoms. The van der Waals surface area contributed by atoms with Gasteiger partial charge < -0.3 is 14.9 Å². The van der Waals surface area contributed by atoms with Crippen molar-refractivity contribution in [2.75, 3.05) is 6.54 Å². The average molecular weight is 323 g/mol. The van der Waals surface area contributed by atoms with Crippen LogP contribution >= 0.6 is 0 Å². The molecule has 0 aliphatic heterocycles. The number of aromatic nitrogens is 4. The molecule has 2 heterocycles. The normalized spacial score (nSPS) is 10.5. The molecule has 24 heavy (non-hydrogen) atoms. The molecule has 3 rings (SSSR count). The van der Waals surface area contributed by atoms with E-state index in [1.54, 1.807) is 12.3 Å². The Morgan fingerprint density at radius 2 is 2.12 bits per heavy atom. The van der Waals surface area contributed by atoms with Crippen molar-refractivity contribution in [3.8, 4) is 11.4 Å². The summed E-state index contributed by atoms with van der Waals surface area (Å²) in [5.41, 5.74) is 1.77. The van der Waals surface area contributed by atoms with Gasteiger partial charge in [0.25, 0.3) is 11.5 Å². The van der Waals surface area contributed by atoms with Gasteiger partial charge in [0.05, 0.1) is 11.9 Å². The van der Waals surface area contributed by atoms with Crippen LogP contribution in [0.1, 0.15) is 16.1 Å². The molecule has 0 atom stereocenters. The number of benzene rings is 1. The molecule has 0 spiro atoms. The molecule has 1 aromatic carbocycles. The van der Waals surface area contributed by atoms with E-state index in [0.717, 1.165) is 11.4 Å². The van der Waals surface area contributed by atoms with Gasteiger partial charge in [-0.25, -0.2) is 9.97 Å². The Morgan fingerprint density at radius 1 is 1.29 bits per heavy atom. The zero-order chi connectivity index (χ0) is 16.9. The van der Waals surface area contributed by atoms with E-state index in [0.29, 0.717) is 24.2 Å². The third-order valence-corrected chi connectivity index (χ3v) is 3.64. The topological polar surface area (TPSA) is 92.7 Å². The fraction of sp³-hybridized carbons (Fsp3) is 0.176. The first-order valence-corrected chi connectivity index (χ1v) is 7.53. The quantitative estimate of drug-likeness (QED) is 0.736. The van der Waals surface area contributed by atoms with Crippen LogP contribution in [0.5, 0.6) is 0 Å². The highest BCUT2D eigenvalue weighted by molar-refractivity contribution is 6.00. The van der Waals surface area contributed by atoms with Crippen molar-refractivity contribution >= 4 is 5.91 Å². The van der Waals surface area contributed by atoms with E-state index < -0.39 is 0 Å². The number of H-pyrrole nitrogens is 1. The minimum atomic E-state index is -0.202. The zero-order valence-corrected chi connectivity index (χ0v) is 13.2. The number of amides is 1. The molecule has 7 heteroatoms. The van der Waals surface area contributed by atoms with Crippen LogP contribution in [0.2, 0.25) is 0 Å². The Bertz CT molecular complexity index is 913.